The van der Waals surface area contributed by atoms with Crippen LogP contribution in [0.3, 0.4) is 0 Å². The van der Waals surface area contributed by atoms with Crippen molar-refractivity contribution in [2.75, 3.05) is 14.2 Å². The van der Waals surface area contributed by atoms with Gasteiger partial charge in [0.15, 0.2) is 0 Å². The van der Waals surface area contributed by atoms with Crippen LogP contribution in [0.15, 0.2) is 46.9 Å². The van der Waals surface area contributed by atoms with Crippen LogP contribution >= 0.6 is 27.5 Å². The Morgan fingerprint density at radius 2 is 2.00 bits per heavy atom. The third-order valence-corrected chi connectivity index (χ3v) is 4.11. The van der Waals surface area contributed by atoms with E-state index >= 15 is 0 Å². The van der Waals surface area contributed by atoms with Gasteiger partial charge in [0.25, 0.3) is 5.91 Å². The molecule has 0 saturated carbocycles. The minimum Gasteiger partial charge on any atom is -0.496 e. The number of ether oxygens (including phenoxy) is 1. The van der Waals surface area contributed by atoms with Crippen LogP contribution in [0.25, 0.3) is 0 Å². The van der Waals surface area contributed by atoms with Crippen LogP contribution in [-0.4, -0.2) is 25.0 Å². The summed E-state index contributed by atoms with van der Waals surface area (Å²) in [4.78, 5) is 14.2. The summed E-state index contributed by atoms with van der Waals surface area (Å²) in [5.41, 5.74) is 1.49. The summed E-state index contributed by atoms with van der Waals surface area (Å²) in [6.07, 6.45) is 0. The van der Waals surface area contributed by atoms with Gasteiger partial charge in [-0.15, -0.1) is 0 Å². The Morgan fingerprint density at radius 3 is 2.67 bits per heavy atom. The maximum Gasteiger partial charge on any atom is 0.257 e. The van der Waals surface area contributed by atoms with Crippen molar-refractivity contribution < 1.29 is 9.53 Å². The maximum atomic E-state index is 12.6. The molecule has 0 bridgehead atoms. The predicted octanol–water partition coefficient (Wildman–Crippen LogP) is 4.38. The molecule has 0 saturated heterocycles. The summed E-state index contributed by atoms with van der Waals surface area (Å²) in [5, 5.41) is 0.508. The van der Waals surface area contributed by atoms with E-state index in [2.05, 4.69) is 15.9 Å². The Hall–Kier alpha value is -1.52. The van der Waals surface area contributed by atoms with E-state index in [1.165, 1.54) is 7.11 Å². The van der Waals surface area contributed by atoms with Crippen molar-refractivity contribution in [2.45, 2.75) is 6.54 Å². The molecule has 2 rings (SSSR count). The molecule has 0 atom stereocenters. The molecule has 3 nitrogen and oxygen atoms in total. The van der Waals surface area contributed by atoms with E-state index in [4.69, 9.17) is 16.3 Å². The van der Waals surface area contributed by atoms with Crippen molar-refractivity contribution in [2.24, 2.45) is 0 Å². The number of hydrogen-bond acceptors (Lipinski definition) is 2. The molecule has 1 amide bonds. The molecular formula is C16H15BrClNO2. The highest BCUT2D eigenvalue weighted by molar-refractivity contribution is 9.10. The summed E-state index contributed by atoms with van der Waals surface area (Å²) in [5.74, 6) is 0.383. The van der Waals surface area contributed by atoms with Gasteiger partial charge in [-0.1, -0.05) is 45.7 Å². The van der Waals surface area contributed by atoms with E-state index in [1.807, 2.05) is 24.3 Å². The second-order valence-corrected chi connectivity index (χ2v) is 5.89. The standard InChI is InChI=1S/C16H15BrClNO2/c1-19(10-11-5-3-4-6-14(11)17)16(20)13-9-12(18)7-8-15(13)21-2/h3-9H,10H2,1-2H3. The number of methoxy groups -OCH3 is 1. The number of amides is 1. The van der Waals surface area contributed by atoms with E-state index in [1.54, 1.807) is 30.1 Å². The van der Waals surface area contributed by atoms with Gasteiger partial charge in [0.2, 0.25) is 0 Å². The molecule has 2 aromatic rings. The molecule has 0 aliphatic heterocycles. The Morgan fingerprint density at radius 1 is 1.29 bits per heavy atom. The van der Waals surface area contributed by atoms with E-state index < -0.39 is 0 Å². The van der Waals surface area contributed by atoms with E-state index in [0.29, 0.717) is 22.9 Å². The summed E-state index contributed by atoms with van der Waals surface area (Å²) >= 11 is 9.46. The Balaban J connectivity index is 2.24. The van der Waals surface area contributed by atoms with Gasteiger partial charge in [0.1, 0.15) is 5.75 Å². The lowest BCUT2D eigenvalue weighted by molar-refractivity contribution is 0.0781. The quantitative estimate of drug-likeness (QED) is 0.801. The second kappa shape index (κ2) is 6.96. The normalized spacial score (nSPS) is 10.3. The number of rotatable bonds is 4. The van der Waals surface area contributed by atoms with Gasteiger partial charge in [0.05, 0.1) is 12.7 Å². The van der Waals surface area contributed by atoms with Crippen molar-refractivity contribution in [3.63, 3.8) is 0 Å². The van der Waals surface area contributed by atoms with Crippen molar-refractivity contribution in [3.05, 3.63) is 63.1 Å². The highest BCUT2D eigenvalue weighted by Crippen LogP contribution is 2.25. The Bertz CT molecular complexity index is 660. The van der Waals surface area contributed by atoms with Crippen LogP contribution in [-0.2, 0) is 6.54 Å². The molecule has 0 N–H and O–H groups in total. The average Bonchev–Trinajstić information content (AvgIpc) is 2.48. The lowest BCUT2D eigenvalue weighted by atomic mass is 10.1. The zero-order valence-electron chi connectivity index (χ0n) is 11.8. The summed E-state index contributed by atoms with van der Waals surface area (Å²) < 4.78 is 6.20. The van der Waals surface area contributed by atoms with Crippen molar-refractivity contribution in [3.8, 4) is 5.75 Å². The van der Waals surface area contributed by atoms with Crippen LogP contribution in [0.1, 0.15) is 15.9 Å². The lowest BCUT2D eigenvalue weighted by Gasteiger charge is -2.19. The molecule has 0 heterocycles. The van der Waals surface area contributed by atoms with Crippen LogP contribution in [0.5, 0.6) is 5.75 Å². The van der Waals surface area contributed by atoms with Gasteiger partial charge < -0.3 is 9.64 Å². The van der Waals surface area contributed by atoms with Crippen LogP contribution in [0.4, 0.5) is 0 Å². The molecule has 0 radical (unpaired) electrons. The fraction of sp³-hybridized carbons (Fsp3) is 0.188. The molecule has 110 valence electrons. The molecule has 21 heavy (non-hydrogen) atoms. The minimum atomic E-state index is -0.134. The number of halogens is 2. The summed E-state index contributed by atoms with van der Waals surface area (Å²) in [6.45, 7) is 0.496. The van der Waals surface area contributed by atoms with Gasteiger partial charge >= 0.3 is 0 Å². The minimum absolute atomic E-state index is 0.134. The first-order chi connectivity index (χ1) is 10.0. The number of benzene rings is 2. The van der Waals surface area contributed by atoms with Crippen molar-refractivity contribution >= 4 is 33.4 Å². The molecule has 0 unspecified atom stereocenters. The van der Waals surface area contributed by atoms with Gasteiger partial charge in [-0.3, -0.25) is 4.79 Å². The molecule has 2 aromatic carbocycles. The van der Waals surface area contributed by atoms with Gasteiger partial charge in [0, 0.05) is 23.1 Å². The van der Waals surface area contributed by atoms with Crippen molar-refractivity contribution in [1.29, 1.82) is 0 Å². The van der Waals surface area contributed by atoms with Crippen molar-refractivity contribution in [1.82, 2.24) is 4.90 Å². The molecule has 5 heteroatoms. The first kappa shape index (κ1) is 15.9. The Kier molecular flexibility index (Phi) is 5.26. The molecule has 0 aliphatic carbocycles. The highest BCUT2D eigenvalue weighted by Gasteiger charge is 2.18. The first-order valence-corrected chi connectivity index (χ1v) is 7.52. The summed E-state index contributed by atoms with van der Waals surface area (Å²) in [6, 6.07) is 12.8. The topological polar surface area (TPSA) is 29.5 Å². The maximum absolute atomic E-state index is 12.6. The third kappa shape index (κ3) is 3.77. The zero-order valence-corrected chi connectivity index (χ0v) is 14.1. The summed E-state index contributed by atoms with van der Waals surface area (Å²) in [7, 11) is 3.29. The molecule has 0 aromatic heterocycles. The fourth-order valence-corrected chi connectivity index (χ4v) is 2.59. The van der Waals surface area contributed by atoms with Gasteiger partial charge in [-0.25, -0.2) is 0 Å². The van der Waals surface area contributed by atoms with Crippen LogP contribution < -0.4 is 4.74 Å². The largest absolute Gasteiger partial charge is 0.496 e. The molecule has 0 spiro atoms. The monoisotopic (exact) mass is 367 g/mol. The first-order valence-electron chi connectivity index (χ1n) is 6.35. The van der Waals surface area contributed by atoms with E-state index in [-0.39, 0.29) is 5.91 Å². The zero-order chi connectivity index (χ0) is 15.4. The molecule has 0 aliphatic rings. The second-order valence-electron chi connectivity index (χ2n) is 4.60. The molecule has 0 fully saturated rings. The van der Waals surface area contributed by atoms with Gasteiger partial charge in [-0.2, -0.15) is 0 Å². The molecular weight excluding hydrogens is 354 g/mol. The lowest BCUT2D eigenvalue weighted by Crippen LogP contribution is -2.26. The highest BCUT2D eigenvalue weighted by atomic mass is 79.9. The number of carbonyl (C=O) groups is 1. The number of nitrogens with zero attached hydrogens (tertiary/aromatic N) is 1. The fourth-order valence-electron chi connectivity index (χ4n) is 2.01. The number of carbonyl (C=O) groups excluding carboxylic acids is 1. The van der Waals surface area contributed by atoms with Gasteiger partial charge in [-0.05, 0) is 29.8 Å². The van der Waals surface area contributed by atoms with Crippen LogP contribution in [0.2, 0.25) is 5.02 Å². The van der Waals surface area contributed by atoms with Crippen LogP contribution in [0, 0.1) is 0 Å². The predicted molar refractivity (Wildman–Crippen MR) is 87.9 cm³/mol. The number of hydrogen-bond donors (Lipinski definition) is 0. The third-order valence-electron chi connectivity index (χ3n) is 3.10. The average molecular weight is 369 g/mol. The van der Waals surface area contributed by atoms with E-state index in [9.17, 15) is 4.79 Å². The SMILES string of the molecule is COc1ccc(Cl)cc1C(=O)N(C)Cc1ccccc1Br. The Labute approximate surface area is 137 Å². The smallest absolute Gasteiger partial charge is 0.257 e. The van der Waals surface area contributed by atoms with E-state index in [0.717, 1.165) is 10.0 Å².